The Kier molecular flexibility index (Phi) is 25.9. The van der Waals surface area contributed by atoms with Crippen molar-refractivity contribution in [3.8, 4) is 12.3 Å². The summed E-state index contributed by atoms with van der Waals surface area (Å²) in [5.74, 6) is 1.51. The molecule has 1 aromatic carbocycles. The summed E-state index contributed by atoms with van der Waals surface area (Å²) in [6.07, 6.45) is 7.99. The quantitative estimate of drug-likeness (QED) is 0.0464. The standard InChI is InChI=1S/C43H68N6O9S/c1-8-11-12-13-39(50)45-18-20-54-21-22-55-23-24-56-25-26-58-43(53)48-49(10-3)42(52)33(7)27-35(28-34-16-14-32(6)15-17-34)46-40(51)37-30-59-41(47-37)38(57-19-9-2)29-36(44)31(4)5/h1,14-17,30-31,33,35-36,38H,9-13,18-29,44H2,2-7H3,(H,45,50)(H,46,51)(H,48,53)/t33-,35?,36+,38?/m0/s1. The highest BCUT2D eigenvalue weighted by Crippen LogP contribution is 2.28. The maximum Gasteiger partial charge on any atom is 0.426 e. The summed E-state index contributed by atoms with van der Waals surface area (Å²) in [6.45, 7) is 14.8. The Morgan fingerprint density at radius 3 is 2.22 bits per heavy atom. The van der Waals surface area contributed by atoms with Gasteiger partial charge in [-0.15, -0.1) is 23.7 Å². The zero-order chi connectivity index (χ0) is 43.4. The minimum absolute atomic E-state index is 0.0241. The van der Waals surface area contributed by atoms with Crippen molar-refractivity contribution >= 4 is 35.2 Å². The first-order valence-electron chi connectivity index (χ1n) is 20.7. The van der Waals surface area contributed by atoms with E-state index in [2.05, 4.69) is 40.8 Å². The molecule has 4 amide bonds. The van der Waals surface area contributed by atoms with Crippen LogP contribution in [-0.2, 0) is 39.7 Å². The van der Waals surface area contributed by atoms with Crippen LogP contribution in [0.25, 0.3) is 0 Å². The number of rotatable bonds is 30. The topological polar surface area (TPSA) is 193 Å². The number of carbonyl (C=O) groups is 4. The number of hydrogen-bond acceptors (Lipinski definition) is 12. The van der Waals surface area contributed by atoms with Crippen LogP contribution < -0.4 is 21.8 Å². The van der Waals surface area contributed by atoms with Crippen LogP contribution in [0.4, 0.5) is 4.79 Å². The zero-order valence-electron chi connectivity index (χ0n) is 35.9. The number of hydrazine groups is 1. The first-order chi connectivity index (χ1) is 28.4. The maximum absolute atomic E-state index is 13.6. The highest BCUT2D eigenvalue weighted by atomic mass is 32.1. The van der Waals surface area contributed by atoms with E-state index in [0.29, 0.717) is 89.7 Å². The summed E-state index contributed by atoms with van der Waals surface area (Å²) < 4.78 is 27.7. The Hall–Kier alpha value is -4.11. The number of benzene rings is 1. The van der Waals surface area contributed by atoms with Crippen molar-refractivity contribution in [3.05, 3.63) is 51.5 Å². The lowest BCUT2D eigenvalue weighted by atomic mass is 9.94. The first-order valence-corrected chi connectivity index (χ1v) is 21.6. The molecule has 330 valence electrons. The number of nitrogens with two attached hydrogens (primary N) is 1. The minimum Gasteiger partial charge on any atom is -0.446 e. The van der Waals surface area contributed by atoms with Crippen LogP contribution in [0.2, 0.25) is 0 Å². The lowest BCUT2D eigenvalue weighted by molar-refractivity contribution is -0.138. The molecule has 4 atom stereocenters. The van der Waals surface area contributed by atoms with Crippen LogP contribution in [0.1, 0.15) is 106 Å². The molecular formula is C43H68N6O9S. The lowest BCUT2D eigenvalue weighted by Crippen LogP contribution is -2.49. The van der Waals surface area contributed by atoms with Crippen LogP contribution in [0.5, 0.6) is 0 Å². The molecule has 2 aromatic rings. The van der Waals surface area contributed by atoms with Crippen molar-refractivity contribution in [1.82, 2.24) is 26.1 Å². The van der Waals surface area contributed by atoms with Gasteiger partial charge in [0.2, 0.25) is 11.8 Å². The van der Waals surface area contributed by atoms with E-state index >= 15 is 0 Å². The summed E-state index contributed by atoms with van der Waals surface area (Å²) >= 11 is 1.38. The third-order valence-electron chi connectivity index (χ3n) is 9.20. The molecule has 5 N–H and O–H groups in total. The van der Waals surface area contributed by atoms with E-state index < -0.39 is 18.1 Å². The van der Waals surface area contributed by atoms with Crippen molar-refractivity contribution in [2.24, 2.45) is 17.6 Å². The molecule has 1 heterocycles. The first kappa shape index (κ1) is 51.0. The largest absolute Gasteiger partial charge is 0.446 e. The molecule has 59 heavy (non-hydrogen) atoms. The Bertz CT molecular complexity index is 1550. The fourth-order valence-electron chi connectivity index (χ4n) is 5.68. The number of amides is 4. The van der Waals surface area contributed by atoms with Gasteiger partial charge in [-0.25, -0.2) is 15.2 Å². The molecule has 0 aliphatic carbocycles. The number of thiazole rings is 1. The smallest absolute Gasteiger partial charge is 0.426 e. The SMILES string of the molecule is C#CCCCC(=O)NCCOCCOCCOCCOC(=O)NN(CC)C(=O)[C@@H](C)CC(Cc1ccc(C)cc1)NC(=O)c1csc(C(C[C@@H](N)C(C)C)OCCC)n1. The summed E-state index contributed by atoms with van der Waals surface area (Å²) in [5.41, 5.74) is 11.3. The molecule has 0 aliphatic rings. The second-order valence-corrected chi connectivity index (χ2v) is 15.5. The number of nitrogens with one attached hydrogen (secondary N) is 3. The molecule has 0 bridgehead atoms. The fourth-order valence-corrected chi connectivity index (χ4v) is 6.54. The predicted octanol–water partition coefficient (Wildman–Crippen LogP) is 5.12. The van der Waals surface area contributed by atoms with Crippen LogP contribution >= 0.6 is 11.3 Å². The number of carbonyl (C=O) groups excluding carboxylic acids is 4. The van der Waals surface area contributed by atoms with Gasteiger partial charge >= 0.3 is 6.09 Å². The molecule has 0 aliphatic heterocycles. The van der Waals surface area contributed by atoms with E-state index in [1.54, 1.807) is 19.2 Å². The highest BCUT2D eigenvalue weighted by Gasteiger charge is 2.28. The van der Waals surface area contributed by atoms with E-state index in [1.165, 1.54) is 16.3 Å². The molecule has 0 saturated carbocycles. The molecule has 1 aromatic heterocycles. The molecule has 0 saturated heterocycles. The van der Waals surface area contributed by atoms with Crippen molar-refractivity contribution in [2.45, 2.75) is 105 Å². The minimum atomic E-state index is -0.785. The molecular weight excluding hydrogens is 777 g/mol. The summed E-state index contributed by atoms with van der Waals surface area (Å²) in [7, 11) is 0. The zero-order valence-corrected chi connectivity index (χ0v) is 36.7. The van der Waals surface area contributed by atoms with Crippen molar-refractivity contribution in [3.63, 3.8) is 0 Å². The van der Waals surface area contributed by atoms with Crippen LogP contribution in [0.15, 0.2) is 29.6 Å². The number of terminal acetylenes is 1. The van der Waals surface area contributed by atoms with E-state index in [9.17, 15) is 19.2 Å². The second-order valence-electron chi connectivity index (χ2n) is 14.6. The van der Waals surface area contributed by atoms with Gasteiger partial charge < -0.3 is 40.1 Å². The van der Waals surface area contributed by atoms with Gasteiger partial charge in [-0.3, -0.25) is 19.4 Å². The number of unbranched alkanes of at least 4 members (excludes halogenated alkanes) is 1. The maximum atomic E-state index is 13.6. The van der Waals surface area contributed by atoms with Gasteiger partial charge in [0.05, 0.1) is 39.6 Å². The number of ether oxygens (including phenoxy) is 5. The highest BCUT2D eigenvalue weighted by molar-refractivity contribution is 7.09. The Balaban J connectivity index is 1.82. The lowest BCUT2D eigenvalue weighted by Gasteiger charge is -2.27. The molecule has 0 fully saturated rings. The van der Waals surface area contributed by atoms with Gasteiger partial charge in [0.25, 0.3) is 5.91 Å². The van der Waals surface area contributed by atoms with Crippen molar-refractivity contribution in [1.29, 1.82) is 0 Å². The van der Waals surface area contributed by atoms with Gasteiger partial charge in [-0.1, -0.05) is 57.5 Å². The van der Waals surface area contributed by atoms with Crippen molar-refractivity contribution < 1.29 is 42.9 Å². The van der Waals surface area contributed by atoms with E-state index in [-0.39, 0.29) is 61.2 Å². The Morgan fingerprint density at radius 2 is 1.59 bits per heavy atom. The summed E-state index contributed by atoms with van der Waals surface area (Å²) in [4.78, 5) is 56.1. The third kappa shape index (κ3) is 21.6. The van der Waals surface area contributed by atoms with Crippen LogP contribution in [0, 0.1) is 31.1 Å². The average molecular weight is 845 g/mol. The van der Waals surface area contributed by atoms with E-state index in [4.69, 9.17) is 35.8 Å². The second kappa shape index (κ2) is 30.0. The van der Waals surface area contributed by atoms with E-state index in [1.807, 2.05) is 38.1 Å². The van der Waals surface area contributed by atoms with Crippen LogP contribution in [-0.4, -0.2) is 112 Å². The number of nitrogens with zero attached hydrogens (tertiary/aromatic N) is 2. The van der Waals surface area contributed by atoms with Gasteiger partial charge in [0.1, 0.15) is 23.4 Å². The monoisotopic (exact) mass is 844 g/mol. The molecule has 2 unspecified atom stereocenters. The molecule has 2 rings (SSSR count). The number of aromatic nitrogens is 1. The van der Waals surface area contributed by atoms with Gasteiger partial charge in [-0.05, 0) is 57.4 Å². The molecule has 15 nitrogen and oxygen atoms in total. The van der Waals surface area contributed by atoms with Crippen molar-refractivity contribution in [2.75, 3.05) is 65.9 Å². The van der Waals surface area contributed by atoms with Crippen LogP contribution in [0.3, 0.4) is 0 Å². The van der Waals surface area contributed by atoms with Gasteiger partial charge in [0, 0.05) is 55.9 Å². The predicted molar refractivity (Wildman–Crippen MR) is 228 cm³/mol. The normalized spacial score (nSPS) is 13.2. The summed E-state index contributed by atoms with van der Waals surface area (Å²) in [5, 5.41) is 9.54. The van der Waals surface area contributed by atoms with E-state index in [0.717, 1.165) is 17.5 Å². The third-order valence-corrected chi connectivity index (χ3v) is 10.1. The van der Waals surface area contributed by atoms with Gasteiger partial charge in [-0.2, -0.15) is 0 Å². The Labute approximate surface area is 355 Å². The molecule has 0 spiro atoms. The molecule has 0 radical (unpaired) electrons. The Morgan fingerprint density at radius 1 is 0.932 bits per heavy atom. The number of aryl methyl sites for hydroxylation is 1. The van der Waals surface area contributed by atoms with Gasteiger partial charge in [0.15, 0.2) is 0 Å². The molecule has 16 heteroatoms. The fraction of sp³-hybridized carbons (Fsp3) is 0.651. The number of hydrogen-bond donors (Lipinski definition) is 4. The summed E-state index contributed by atoms with van der Waals surface area (Å²) in [6, 6.07) is 7.56. The average Bonchev–Trinajstić information content (AvgIpc) is 3.71.